The van der Waals surface area contributed by atoms with Crippen LogP contribution in [0.15, 0.2) is 59.7 Å². The maximum absolute atomic E-state index is 14.3. The van der Waals surface area contributed by atoms with Crippen molar-refractivity contribution in [2.75, 3.05) is 0 Å². The van der Waals surface area contributed by atoms with Gasteiger partial charge in [0.25, 0.3) is 0 Å². The zero-order valence-corrected chi connectivity index (χ0v) is 32.7. The SMILES string of the molecule is C[C@H](C[C@@H](O)[C@@H]1O[C@]1(C)[C@H]1CCC[C@H]1c1cccc(O)c1)C1=C2CC[C@H]3[C@@]4(C)C[C@@H](c5cccc(O)c5)C(=O)C(C)(C)[C@@H]4[C@@H](O)C[C@]3(C)[C@@]2(C)CC1=O. The number of fused-ring (bicyclic) bond motifs is 5. The van der Waals surface area contributed by atoms with Gasteiger partial charge in [-0.25, -0.2) is 0 Å². The summed E-state index contributed by atoms with van der Waals surface area (Å²) in [4.78, 5) is 28.5. The number of carbonyl (C=O) groups excluding carboxylic acids is 2. The molecule has 0 bridgehead atoms. The van der Waals surface area contributed by atoms with Crippen LogP contribution in [0.25, 0.3) is 0 Å². The number of hydrogen-bond acceptors (Lipinski definition) is 7. The maximum atomic E-state index is 14.3. The molecule has 1 aliphatic heterocycles. The number of allylic oxidation sites excluding steroid dienone is 2. The fourth-order valence-electron chi connectivity index (χ4n) is 14.3. The van der Waals surface area contributed by atoms with E-state index in [1.807, 2.05) is 32.0 Å². The molecule has 1 heterocycles. The number of rotatable bonds is 7. The number of epoxide rings is 1. The topological polar surface area (TPSA) is 128 Å². The molecule has 53 heavy (non-hydrogen) atoms. The summed E-state index contributed by atoms with van der Waals surface area (Å²) >= 11 is 0. The van der Waals surface area contributed by atoms with E-state index in [9.17, 15) is 30.0 Å². The summed E-state index contributed by atoms with van der Waals surface area (Å²) in [6.45, 7) is 15.1. The predicted octanol–water partition coefficient (Wildman–Crippen LogP) is 8.39. The first-order chi connectivity index (χ1) is 24.9. The van der Waals surface area contributed by atoms with Crippen LogP contribution in [0.3, 0.4) is 0 Å². The highest BCUT2D eigenvalue weighted by Gasteiger charge is 2.71. The number of phenols is 2. The Labute approximate surface area is 315 Å². The van der Waals surface area contributed by atoms with Gasteiger partial charge in [-0.15, -0.1) is 0 Å². The highest BCUT2D eigenvalue weighted by atomic mass is 16.6. The molecule has 0 aromatic heterocycles. The number of carbonyl (C=O) groups is 2. The van der Waals surface area contributed by atoms with Gasteiger partial charge in [0.05, 0.1) is 17.8 Å². The van der Waals surface area contributed by atoms with Gasteiger partial charge in [0, 0.05) is 29.1 Å². The molecular weight excluding hydrogens is 664 g/mol. The first-order valence-electron chi connectivity index (χ1n) is 20.3. The quantitative estimate of drug-likeness (QED) is 0.211. The Hall–Kier alpha value is -3.00. The molecular formula is C46H60O7. The number of aliphatic hydroxyl groups excluding tert-OH is 2. The van der Waals surface area contributed by atoms with E-state index in [1.165, 1.54) is 5.57 Å². The molecule has 4 saturated carbocycles. The average Bonchev–Trinajstić information content (AvgIpc) is 3.39. The molecule has 0 radical (unpaired) electrons. The lowest BCUT2D eigenvalue weighted by Crippen LogP contribution is -2.67. The van der Waals surface area contributed by atoms with Crippen molar-refractivity contribution >= 4 is 11.6 Å². The summed E-state index contributed by atoms with van der Waals surface area (Å²) in [7, 11) is 0. The van der Waals surface area contributed by atoms with Gasteiger partial charge in [0.2, 0.25) is 0 Å². The van der Waals surface area contributed by atoms with Crippen LogP contribution in [0.1, 0.15) is 129 Å². The number of aromatic hydroxyl groups is 2. The monoisotopic (exact) mass is 724 g/mol. The molecule has 6 aliphatic rings. The van der Waals surface area contributed by atoms with Crippen molar-refractivity contribution in [1.29, 1.82) is 0 Å². The number of phenolic OH excluding ortho intramolecular Hbond substituents is 2. The van der Waals surface area contributed by atoms with Crippen molar-refractivity contribution in [2.45, 2.75) is 142 Å². The molecule has 2 aromatic carbocycles. The Kier molecular flexibility index (Phi) is 8.54. The molecule has 13 atom stereocenters. The van der Waals surface area contributed by atoms with E-state index in [4.69, 9.17) is 4.74 Å². The summed E-state index contributed by atoms with van der Waals surface area (Å²) in [6.07, 6.45) is 5.14. The van der Waals surface area contributed by atoms with Gasteiger partial charge in [-0.2, -0.15) is 0 Å². The molecule has 5 aliphatic carbocycles. The van der Waals surface area contributed by atoms with Crippen LogP contribution in [0.5, 0.6) is 11.5 Å². The number of ether oxygens (including phenoxy) is 1. The minimum atomic E-state index is -0.761. The molecule has 0 spiro atoms. The minimum absolute atomic E-state index is 0.125. The molecule has 1 saturated heterocycles. The van der Waals surface area contributed by atoms with E-state index in [0.717, 1.165) is 48.8 Å². The second-order valence-corrected chi connectivity index (χ2v) is 19.7. The van der Waals surface area contributed by atoms with Crippen LogP contribution < -0.4 is 0 Å². The third kappa shape index (κ3) is 5.29. The molecule has 0 unspecified atom stereocenters. The zero-order valence-electron chi connectivity index (χ0n) is 32.7. The fraction of sp³-hybridized carbons (Fsp3) is 0.652. The second kappa shape index (κ2) is 12.2. The summed E-state index contributed by atoms with van der Waals surface area (Å²) in [5.41, 5.74) is 1.67. The molecule has 8 rings (SSSR count). The van der Waals surface area contributed by atoms with Gasteiger partial charge < -0.3 is 25.2 Å². The average molecular weight is 725 g/mol. The predicted molar refractivity (Wildman–Crippen MR) is 203 cm³/mol. The van der Waals surface area contributed by atoms with Gasteiger partial charge in [0.1, 0.15) is 23.4 Å². The van der Waals surface area contributed by atoms with Crippen LogP contribution in [0.2, 0.25) is 0 Å². The van der Waals surface area contributed by atoms with Gasteiger partial charge in [-0.1, -0.05) is 77.8 Å². The lowest BCUT2D eigenvalue weighted by molar-refractivity contribution is -0.219. The standard InChI is InChI=1S/C46H60O7/c1-25(19-34(49)41-46(7,53-41)32-16-10-15-30(32)26-11-8-13-28(47)20-26)38-33-17-18-37-43(4)22-31(27-12-9-14-29(48)21-27)40(52)42(2,3)39(43)36(51)24-45(37,6)44(33,5)23-35(38)50/h8-9,11-14,20-21,25,30-32,34,36-37,39,41,47-49,51H,10,15-19,22-24H2,1-7H3/t25-,30+,31+,32+,34-,36+,37+,39+,41+,43-,44+,45+,46-/m1/s1. The summed E-state index contributed by atoms with van der Waals surface area (Å²) in [5.74, 6) is 0.704. The van der Waals surface area contributed by atoms with Crippen molar-refractivity contribution in [1.82, 2.24) is 0 Å². The first-order valence-corrected chi connectivity index (χ1v) is 20.3. The maximum Gasteiger partial charge on any atom is 0.159 e. The third-order valence-electron chi connectivity index (χ3n) is 16.6. The number of Topliss-reactive ketones (excluding diaryl/α,β-unsaturated/α-hetero) is 2. The van der Waals surface area contributed by atoms with Crippen LogP contribution in [0, 0.1) is 45.3 Å². The van der Waals surface area contributed by atoms with E-state index in [2.05, 4.69) is 40.7 Å². The summed E-state index contributed by atoms with van der Waals surface area (Å²) < 4.78 is 6.40. The normalized spacial score (nSPS) is 42.8. The van der Waals surface area contributed by atoms with Crippen LogP contribution in [-0.4, -0.2) is 55.9 Å². The van der Waals surface area contributed by atoms with Crippen molar-refractivity contribution < 1.29 is 34.8 Å². The van der Waals surface area contributed by atoms with Crippen molar-refractivity contribution in [2.24, 2.45) is 45.3 Å². The van der Waals surface area contributed by atoms with E-state index in [0.29, 0.717) is 25.7 Å². The fourth-order valence-corrected chi connectivity index (χ4v) is 14.3. The van der Waals surface area contributed by atoms with Gasteiger partial charge in [-0.3, -0.25) is 9.59 Å². The molecule has 5 fully saturated rings. The van der Waals surface area contributed by atoms with E-state index in [1.54, 1.807) is 24.3 Å². The van der Waals surface area contributed by atoms with E-state index in [-0.39, 0.29) is 75.5 Å². The Bertz CT molecular complexity index is 1860. The Balaban J connectivity index is 1.05. The van der Waals surface area contributed by atoms with Crippen LogP contribution in [-0.2, 0) is 14.3 Å². The highest BCUT2D eigenvalue weighted by Crippen LogP contribution is 2.75. The molecule has 2 aromatic rings. The summed E-state index contributed by atoms with van der Waals surface area (Å²) in [5, 5.41) is 44.4. The van der Waals surface area contributed by atoms with Gasteiger partial charge in [-0.05, 0) is 127 Å². The highest BCUT2D eigenvalue weighted by molar-refractivity contribution is 6.00. The number of aliphatic hydroxyl groups is 2. The Morgan fingerprint density at radius 2 is 1.55 bits per heavy atom. The summed E-state index contributed by atoms with van der Waals surface area (Å²) in [6, 6.07) is 14.7. The van der Waals surface area contributed by atoms with Gasteiger partial charge >= 0.3 is 0 Å². The third-order valence-corrected chi connectivity index (χ3v) is 16.6. The zero-order chi connectivity index (χ0) is 38.0. The van der Waals surface area contributed by atoms with E-state index < -0.39 is 28.6 Å². The number of ketones is 2. The van der Waals surface area contributed by atoms with Crippen molar-refractivity contribution in [3.63, 3.8) is 0 Å². The van der Waals surface area contributed by atoms with Crippen LogP contribution in [0.4, 0.5) is 0 Å². The smallest absolute Gasteiger partial charge is 0.159 e. The lowest BCUT2D eigenvalue weighted by Gasteiger charge is -2.69. The minimum Gasteiger partial charge on any atom is -0.508 e. The first kappa shape index (κ1) is 36.9. The Morgan fingerprint density at radius 3 is 2.23 bits per heavy atom. The van der Waals surface area contributed by atoms with Crippen molar-refractivity contribution in [3.05, 3.63) is 70.8 Å². The number of benzene rings is 2. The molecule has 0 amide bonds. The van der Waals surface area contributed by atoms with Gasteiger partial charge in [0.15, 0.2) is 5.78 Å². The van der Waals surface area contributed by atoms with Crippen molar-refractivity contribution in [3.8, 4) is 11.5 Å². The second-order valence-electron chi connectivity index (χ2n) is 19.7. The van der Waals surface area contributed by atoms with E-state index >= 15 is 0 Å². The molecule has 7 nitrogen and oxygen atoms in total. The molecule has 4 N–H and O–H groups in total. The molecule has 286 valence electrons. The molecule has 7 heteroatoms. The van der Waals surface area contributed by atoms with Crippen LogP contribution >= 0.6 is 0 Å². The number of hydrogen-bond donors (Lipinski definition) is 4. The Morgan fingerprint density at radius 1 is 0.887 bits per heavy atom. The largest absolute Gasteiger partial charge is 0.508 e. The lowest BCUT2D eigenvalue weighted by atomic mass is 9.35.